The second-order valence-electron chi connectivity index (χ2n) is 4.09. The van der Waals surface area contributed by atoms with E-state index in [0.29, 0.717) is 5.02 Å². The summed E-state index contributed by atoms with van der Waals surface area (Å²) in [6, 6.07) is 5.65. The van der Waals surface area contributed by atoms with Crippen LogP contribution in [0.25, 0.3) is 0 Å². The molecule has 1 rings (SSSR count). The lowest BCUT2D eigenvalue weighted by Gasteiger charge is -2.13. The van der Waals surface area contributed by atoms with Crippen LogP contribution < -0.4 is 0 Å². The van der Waals surface area contributed by atoms with Crippen LogP contribution >= 0.6 is 27.5 Å². The standard InChI is InChI=1S/C14H18BrClO/c1-2-3-4-5-6-10-13(17)11-8-7-9-12(15)14(11)16/h2,7-9,13,17H,1,3-6,10H2. The van der Waals surface area contributed by atoms with Crippen LogP contribution in [0.4, 0.5) is 0 Å². The molecular weight excluding hydrogens is 300 g/mol. The zero-order chi connectivity index (χ0) is 12.7. The van der Waals surface area contributed by atoms with E-state index in [4.69, 9.17) is 11.6 Å². The molecule has 1 atom stereocenters. The van der Waals surface area contributed by atoms with E-state index in [0.717, 1.165) is 42.1 Å². The third-order valence-electron chi connectivity index (χ3n) is 2.73. The molecule has 1 unspecified atom stereocenters. The molecule has 1 aromatic carbocycles. The Morgan fingerprint density at radius 1 is 1.35 bits per heavy atom. The lowest BCUT2D eigenvalue weighted by atomic mass is 10.0. The van der Waals surface area contributed by atoms with Crippen LogP contribution in [0.3, 0.4) is 0 Å². The highest BCUT2D eigenvalue weighted by Crippen LogP contribution is 2.32. The van der Waals surface area contributed by atoms with Crippen LogP contribution in [0.1, 0.15) is 43.8 Å². The highest BCUT2D eigenvalue weighted by Gasteiger charge is 2.12. The summed E-state index contributed by atoms with van der Waals surface area (Å²) in [4.78, 5) is 0. The molecule has 0 aliphatic heterocycles. The molecule has 0 amide bonds. The minimum Gasteiger partial charge on any atom is -0.388 e. The van der Waals surface area contributed by atoms with Crippen LogP contribution in [-0.2, 0) is 0 Å². The van der Waals surface area contributed by atoms with Crippen molar-refractivity contribution < 1.29 is 5.11 Å². The van der Waals surface area contributed by atoms with E-state index < -0.39 is 6.10 Å². The number of aliphatic hydroxyl groups is 1. The molecule has 0 heterocycles. The van der Waals surface area contributed by atoms with Crippen molar-refractivity contribution >= 4 is 27.5 Å². The maximum Gasteiger partial charge on any atom is 0.0804 e. The number of halogens is 2. The number of rotatable bonds is 7. The molecule has 1 N–H and O–H groups in total. The third kappa shape index (κ3) is 4.82. The highest BCUT2D eigenvalue weighted by atomic mass is 79.9. The van der Waals surface area contributed by atoms with Gasteiger partial charge in [0.15, 0.2) is 0 Å². The monoisotopic (exact) mass is 316 g/mol. The summed E-state index contributed by atoms with van der Waals surface area (Å²) in [5, 5.41) is 10.7. The summed E-state index contributed by atoms with van der Waals surface area (Å²) in [6.07, 6.45) is 6.54. The Hall–Kier alpha value is -0.310. The Balaban J connectivity index is 2.44. The number of hydrogen-bond donors (Lipinski definition) is 1. The first kappa shape index (κ1) is 14.7. The first-order valence-electron chi connectivity index (χ1n) is 5.89. The fraction of sp³-hybridized carbons (Fsp3) is 0.429. The van der Waals surface area contributed by atoms with Gasteiger partial charge in [-0.2, -0.15) is 0 Å². The molecule has 0 aliphatic rings. The minimum atomic E-state index is -0.469. The van der Waals surface area contributed by atoms with Crippen molar-refractivity contribution in [3.8, 4) is 0 Å². The van der Waals surface area contributed by atoms with Crippen molar-refractivity contribution in [3.05, 3.63) is 45.9 Å². The number of allylic oxidation sites excluding steroid dienone is 1. The Bertz CT molecular complexity index is 365. The van der Waals surface area contributed by atoms with Gasteiger partial charge in [0.05, 0.1) is 11.1 Å². The van der Waals surface area contributed by atoms with E-state index in [1.165, 1.54) is 0 Å². The van der Waals surface area contributed by atoms with Gasteiger partial charge in [-0.1, -0.05) is 42.7 Å². The minimum absolute atomic E-state index is 0.469. The van der Waals surface area contributed by atoms with E-state index in [2.05, 4.69) is 22.5 Å². The maximum absolute atomic E-state index is 10.1. The smallest absolute Gasteiger partial charge is 0.0804 e. The predicted octanol–water partition coefficient (Wildman–Crippen LogP) is 5.27. The van der Waals surface area contributed by atoms with Crippen LogP contribution in [0.5, 0.6) is 0 Å². The number of unbranched alkanes of at least 4 members (excludes halogenated alkanes) is 3. The molecule has 0 radical (unpaired) electrons. The zero-order valence-electron chi connectivity index (χ0n) is 9.83. The molecular formula is C14H18BrClO. The fourth-order valence-corrected chi connectivity index (χ4v) is 2.37. The van der Waals surface area contributed by atoms with Gasteiger partial charge in [-0.3, -0.25) is 0 Å². The molecule has 3 heteroatoms. The summed E-state index contributed by atoms with van der Waals surface area (Å²) >= 11 is 9.49. The molecule has 0 saturated heterocycles. The van der Waals surface area contributed by atoms with Crippen molar-refractivity contribution in [2.45, 2.75) is 38.2 Å². The van der Waals surface area contributed by atoms with Gasteiger partial charge in [-0.25, -0.2) is 0 Å². The van der Waals surface area contributed by atoms with Crippen molar-refractivity contribution in [2.24, 2.45) is 0 Å². The summed E-state index contributed by atoms with van der Waals surface area (Å²) in [7, 11) is 0. The predicted molar refractivity (Wildman–Crippen MR) is 77.4 cm³/mol. The van der Waals surface area contributed by atoms with Crippen molar-refractivity contribution in [1.82, 2.24) is 0 Å². The summed E-state index contributed by atoms with van der Waals surface area (Å²) in [6.45, 7) is 3.69. The first-order valence-corrected chi connectivity index (χ1v) is 7.06. The summed E-state index contributed by atoms with van der Waals surface area (Å²) in [5.41, 5.74) is 0.810. The largest absolute Gasteiger partial charge is 0.388 e. The summed E-state index contributed by atoms with van der Waals surface area (Å²) < 4.78 is 0.836. The van der Waals surface area contributed by atoms with Gasteiger partial charge in [0.25, 0.3) is 0 Å². The SMILES string of the molecule is C=CCCCCCC(O)c1cccc(Br)c1Cl. The molecule has 0 aromatic heterocycles. The van der Waals surface area contributed by atoms with Gasteiger partial charge >= 0.3 is 0 Å². The Morgan fingerprint density at radius 2 is 2.12 bits per heavy atom. The second-order valence-corrected chi connectivity index (χ2v) is 5.32. The fourth-order valence-electron chi connectivity index (χ4n) is 1.74. The second kappa shape index (κ2) is 7.91. The Kier molecular flexibility index (Phi) is 6.86. The number of hydrogen-bond acceptors (Lipinski definition) is 1. The lowest BCUT2D eigenvalue weighted by molar-refractivity contribution is 0.163. The van der Waals surface area contributed by atoms with Gasteiger partial charge in [-0.15, -0.1) is 6.58 Å². The molecule has 1 aromatic rings. The molecule has 0 aliphatic carbocycles. The van der Waals surface area contributed by atoms with E-state index in [1.807, 2.05) is 24.3 Å². The maximum atomic E-state index is 10.1. The van der Waals surface area contributed by atoms with Crippen LogP contribution in [0.2, 0.25) is 5.02 Å². The Labute approximate surface area is 117 Å². The van der Waals surface area contributed by atoms with Crippen LogP contribution in [0.15, 0.2) is 35.3 Å². The van der Waals surface area contributed by atoms with Gasteiger partial charge in [-0.05, 0) is 41.3 Å². The van der Waals surface area contributed by atoms with Gasteiger partial charge in [0.1, 0.15) is 0 Å². The highest BCUT2D eigenvalue weighted by molar-refractivity contribution is 9.10. The molecule has 17 heavy (non-hydrogen) atoms. The van der Waals surface area contributed by atoms with E-state index in [-0.39, 0.29) is 0 Å². The van der Waals surface area contributed by atoms with E-state index in [1.54, 1.807) is 0 Å². The average Bonchev–Trinajstić information content (AvgIpc) is 2.32. The average molecular weight is 318 g/mol. The van der Waals surface area contributed by atoms with E-state index >= 15 is 0 Å². The molecule has 0 saturated carbocycles. The lowest BCUT2D eigenvalue weighted by Crippen LogP contribution is -1.98. The molecule has 0 bridgehead atoms. The number of aliphatic hydroxyl groups excluding tert-OH is 1. The van der Waals surface area contributed by atoms with Gasteiger partial charge in [0.2, 0.25) is 0 Å². The molecule has 1 nitrogen and oxygen atoms in total. The normalized spacial score (nSPS) is 12.4. The van der Waals surface area contributed by atoms with Crippen molar-refractivity contribution in [2.75, 3.05) is 0 Å². The molecule has 0 spiro atoms. The zero-order valence-corrected chi connectivity index (χ0v) is 12.2. The number of benzene rings is 1. The third-order valence-corrected chi connectivity index (χ3v) is 4.04. The topological polar surface area (TPSA) is 20.2 Å². The quantitative estimate of drug-likeness (QED) is 0.536. The van der Waals surface area contributed by atoms with Gasteiger partial charge in [0, 0.05) is 10.0 Å². The van der Waals surface area contributed by atoms with Gasteiger partial charge < -0.3 is 5.11 Å². The molecule has 0 fully saturated rings. The van der Waals surface area contributed by atoms with Crippen LogP contribution in [-0.4, -0.2) is 5.11 Å². The first-order chi connectivity index (χ1) is 8.16. The molecule has 94 valence electrons. The van der Waals surface area contributed by atoms with E-state index in [9.17, 15) is 5.11 Å². The Morgan fingerprint density at radius 3 is 2.82 bits per heavy atom. The summed E-state index contributed by atoms with van der Waals surface area (Å²) in [5.74, 6) is 0. The van der Waals surface area contributed by atoms with Crippen LogP contribution in [0, 0.1) is 0 Å². The van der Waals surface area contributed by atoms with Crippen molar-refractivity contribution in [3.63, 3.8) is 0 Å². The van der Waals surface area contributed by atoms with Crippen molar-refractivity contribution in [1.29, 1.82) is 0 Å².